The van der Waals surface area contributed by atoms with Gasteiger partial charge in [0.1, 0.15) is 0 Å². The summed E-state index contributed by atoms with van der Waals surface area (Å²) >= 11 is 0. The predicted octanol–water partition coefficient (Wildman–Crippen LogP) is 17.7. The van der Waals surface area contributed by atoms with Crippen LogP contribution >= 0.6 is 0 Å². The second-order valence-corrected chi connectivity index (χ2v) is 33.2. The van der Waals surface area contributed by atoms with Gasteiger partial charge in [0, 0.05) is 55.2 Å². The molecular formula is C80H98N4. The zero-order valence-electron chi connectivity index (χ0n) is 56.0. The lowest BCUT2D eigenvalue weighted by atomic mass is 9.78. The molecule has 0 saturated carbocycles. The molecule has 3 aromatic heterocycles. The van der Waals surface area contributed by atoms with E-state index in [1.165, 1.54) is 72.0 Å². The first kappa shape index (κ1) is 60.2. The summed E-state index contributed by atoms with van der Waals surface area (Å²) in [5.41, 5.74) is 26.0. The van der Waals surface area contributed by atoms with Crippen LogP contribution in [0.5, 0.6) is 0 Å². The Balaban J connectivity index is 1.48. The van der Waals surface area contributed by atoms with Gasteiger partial charge in [-0.15, -0.1) is 0 Å². The Labute approximate surface area is 505 Å². The highest BCUT2D eigenvalue weighted by molar-refractivity contribution is 6.30. The molecule has 3 aliphatic rings. The maximum Gasteiger partial charge on any atom is 0.0737 e. The summed E-state index contributed by atoms with van der Waals surface area (Å²) in [5.74, 6) is 0. The standard InChI is InChI=1S/C80H98N4/c1-46-32-59-60(33-46)72-70(50-40-57(79(20,21)22)45-58(41-50)80(23,24)25)66-31-29-64(83-66)68(48-36-53(75(8,9)10)43-54(37-48)76(11,12)13)62-27-26-61(81-62)67(47-34-51(73(2,3)4)42-52(35-47)74(5,6)7)63-28-30-65(82-63)69(71(59)84-72)49-38-55(77(14,15)16)44-56(39-49)78(17,18)19/h26-45,81-82,84H,1-25H3. The molecule has 0 amide bonds. The summed E-state index contributed by atoms with van der Waals surface area (Å²) in [7, 11) is 0. The molecule has 5 heterocycles. The van der Waals surface area contributed by atoms with E-state index in [-0.39, 0.29) is 43.3 Å². The third-order valence-electron chi connectivity index (χ3n) is 17.7. The van der Waals surface area contributed by atoms with Crippen molar-refractivity contribution < 1.29 is 0 Å². The van der Waals surface area contributed by atoms with E-state index >= 15 is 0 Å². The Hall–Kier alpha value is -6.91. The normalized spacial score (nSPS) is 15.5. The molecule has 0 unspecified atom stereocenters. The number of allylic oxidation sites excluding steroid dienone is 3. The monoisotopic (exact) mass is 1110 g/mol. The van der Waals surface area contributed by atoms with Crippen molar-refractivity contribution in [1.82, 2.24) is 15.0 Å². The van der Waals surface area contributed by atoms with Crippen LogP contribution < -0.4 is 21.3 Å². The fourth-order valence-electron chi connectivity index (χ4n) is 12.0. The molecule has 7 aromatic rings. The van der Waals surface area contributed by atoms with Gasteiger partial charge in [-0.1, -0.05) is 239 Å². The fraction of sp³-hybridized carbons (Fsp3) is 0.412. The average Bonchev–Trinajstić information content (AvgIpc) is 1.71. The number of rotatable bonds is 4. The van der Waals surface area contributed by atoms with Crippen molar-refractivity contribution >= 4 is 40.2 Å². The summed E-state index contributed by atoms with van der Waals surface area (Å²) in [5, 5.41) is 4.33. The van der Waals surface area contributed by atoms with Gasteiger partial charge in [0.2, 0.25) is 0 Å². The lowest BCUT2D eigenvalue weighted by Crippen LogP contribution is -2.27. The zero-order chi connectivity index (χ0) is 61.6. The van der Waals surface area contributed by atoms with Crippen LogP contribution in [0, 0.1) is 0 Å². The van der Waals surface area contributed by atoms with Crippen LogP contribution in [0.4, 0.5) is 0 Å². The predicted molar refractivity (Wildman–Crippen MR) is 363 cm³/mol. The van der Waals surface area contributed by atoms with E-state index in [4.69, 9.17) is 4.99 Å². The van der Waals surface area contributed by atoms with Gasteiger partial charge in [0.15, 0.2) is 0 Å². The maximum absolute atomic E-state index is 5.99. The summed E-state index contributed by atoms with van der Waals surface area (Å²) < 4.78 is 0. The van der Waals surface area contributed by atoms with Crippen LogP contribution in [0.3, 0.4) is 0 Å². The average molecular weight is 1120 g/mol. The third-order valence-corrected chi connectivity index (χ3v) is 17.7. The highest BCUT2D eigenvalue weighted by Gasteiger charge is 2.32. The summed E-state index contributed by atoms with van der Waals surface area (Å²) in [6.07, 6.45) is 9.38. The van der Waals surface area contributed by atoms with Crippen LogP contribution in [0.25, 0.3) is 34.4 Å². The maximum atomic E-state index is 5.99. The van der Waals surface area contributed by atoms with Gasteiger partial charge in [-0.25, -0.2) is 4.99 Å². The molecule has 4 aromatic carbocycles. The number of aromatic amines is 3. The molecule has 8 bridgehead atoms. The molecule has 2 aliphatic heterocycles. The molecule has 84 heavy (non-hydrogen) atoms. The summed E-state index contributed by atoms with van der Waals surface area (Å²) in [4.78, 5) is 18.7. The Kier molecular flexibility index (Phi) is 14.4. The quantitative estimate of drug-likeness (QED) is 0.157. The van der Waals surface area contributed by atoms with Gasteiger partial charge in [-0.05, 0) is 171 Å². The van der Waals surface area contributed by atoms with E-state index in [0.29, 0.717) is 0 Å². The largest absolute Gasteiger partial charge is 0.354 e. The molecule has 0 spiro atoms. The van der Waals surface area contributed by atoms with E-state index < -0.39 is 0 Å². The smallest absolute Gasteiger partial charge is 0.0737 e. The van der Waals surface area contributed by atoms with Gasteiger partial charge in [-0.3, -0.25) is 0 Å². The Morgan fingerprint density at radius 2 is 0.655 bits per heavy atom. The number of hydrogen-bond acceptors (Lipinski definition) is 1. The summed E-state index contributed by atoms with van der Waals surface area (Å²) in [6.45, 7) is 58.4. The van der Waals surface area contributed by atoms with Crippen LogP contribution in [-0.4, -0.2) is 20.7 Å². The number of aliphatic imine (C=N–C) groups is 1. The van der Waals surface area contributed by atoms with Crippen molar-refractivity contribution in [2.24, 2.45) is 4.99 Å². The van der Waals surface area contributed by atoms with Crippen molar-refractivity contribution in [2.75, 3.05) is 0 Å². The Morgan fingerprint density at radius 1 is 0.321 bits per heavy atom. The van der Waals surface area contributed by atoms with Gasteiger partial charge >= 0.3 is 0 Å². The number of hydrogen-bond donors (Lipinski definition) is 3. The first-order chi connectivity index (χ1) is 38.5. The lowest BCUT2D eigenvalue weighted by molar-refractivity contribution is 0.567. The van der Waals surface area contributed by atoms with E-state index in [1.54, 1.807) is 0 Å². The second-order valence-electron chi connectivity index (χ2n) is 33.2. The van der Waals surface area contributed by atoms with Gasteiger partial charge in [-0.2, -0.15) is 0 Å². The van der Waals surface area contributed by atoms with E-state index in [2.05, 4.69) is 309 Å². The number of nitrogens with one attached hydrogen (secondary N) is 3. The number of H-pyrrole nitrogens is 3. The molecule has 1 aliphatic carbocycles. The Morgan fingerprint density at radius 3 is 1.04 bits per heavy atom. The molecule has 0 fully saturated rings. The first-order valence-corrected chi connectivity index (χ1v) is 31.0. The third kappa shape index (κ3) is 11.7. The molecule has 0 saturated heterocycles. The SMILES string of the molecule is CC1=Cc2c3[nH]c(c2=C1)=C(c1cc(C(C)(C)C)cc(C(C)(C)C)c1)c1ccc([nH]1)C(c1cc(C(C)(C)C)cc(C(C)(C)C)c1)=c1ccc([nH]1)=C(c1cc(C(C)(C)C)cc(C(C)(C)C)c1)C1=NC(=C3c2cc(C(C)(C)C)cc(C(C)(C)C)c2)C=C1. The minimum absolute atomic E-state index is 0.0992. The van der Waals surface area contributed by atoms with Crippen molar-refractivity contribution in [1.29, 1.82) is 0 Å². The number of fused-ring (bicyclic) bond motifs is 10. The first-order valence-electron chi connectivity index (χ1n) is 31.0. The summed E-state index contributed by atoms with van der Waals surface area (Å²) in [6, 6.07) is 38.6. The van der Waals surface area contributed by atoms with Crippen LogP contribution in [0.1, 0.15) is 263 Å². The minimum Gasteiger partial charge on any atom is -0.354 e. The van der Waals surface area contributed by atoms with E-state index in [9.17, 15) is 0 Å². The molecule has 4 nitrogen and oxygen atoms in total. The lowest BCUT2D eigenvalue weighted by Gasteiger charge is -2.27. The van der Waals surface area contributed by atoms with Gasteiger partial charge in [0.05, 0.1) is 22.5 Å². The van der Waals surface area contributed by atoms with E-state index in [0.717, 1.165) is 78.0 Å². The van der Waals surface area contributed by atoms with Crippen molar-refractivity contribution in [3.63, 3.8) is 0 Å². The highest BCUT2D eigenvalue weighted by Crippen LogP contribution is 2.42. The minimum atomic E-state index is -0.116. The van der Waals surface area contributed by atoms with Crippen LogP contribution in [-0.2, 0) is 43.3 Å². The molecule has 0 radical (unpaired) electrons. The van der Waals surface area contributed by atoms with Crippen molar-refractivity contribution in [2.45, 2.75) is 216 Å². The molecule has 3 N–H and O–H groups in total. The molecule has 4 heteroatoms. The molecule has 0 atom stereocenters. The van der Waals surface area contributed by atoms with Gasteiger partial charge < -0.3 is 15.0 Å². The molecular weight excluding hydrogens is 1020 g/mol. The van der Waals surface area contributed by atoms with Crippen molar-refractivity contribution in [3.8, 4) is 0 Å². The number of benzene rings is 4. The van der Waals surface area contributed by atoms with E-state index in [1.807, 2.05) is 0 Å². The molecule has 10 rings (SSSR count). The van der Waals surface area contributed by atoms with Crippen LogP contribution in [0.15, 0.2) is 125 Å². The van der Waals surface area contributed by atoms with Gasteiger partial charge in [0.25, 0.3) is 0 Å². The number of nitrogens with zero attached hydrogens (tertiary/aromatic N) is 1. The Bertz CT molecular complexity index is 4100. The highest BCUT2D eigenvalue weighted by atomic mass is 14.8. The number of aromatic nitrogens is 3. The molecule has 438 valence electrons. The van der Waals surface area contributed by atoms with Crippen molar-refractivity contribution in [3.05, 3.63) is 231 Å². The topological polar surface area (TPSA) is 59.7 Å². The van der Waals surface area contributed by atoms with Crippen LogP contribution in [0.2, 0.25) is 0 Å². The fourth-order valence-corrected chi connectivity index (χ4v) is 12.0. The second kappa shape index (κ2) is 20.1. The zero-order valence-corrected chi connectivity index (χ0v) is 56.0.